The van der Waals surface area contributed by atoms with Gasteiger partial charge in [0.1, 0.15) is 5.75 Å². The van der Waals surface area contributed by atoms with E-state index in [1.165, 1.54) is 5.56 Å². The molecule has 0 fully saturated rings. The van der Waals surface area contributed by atoms with Gasteiger partial charge in [-0.1, -0.05) is 64.5 Å². The van der Waals surface area contributed by atoms with Crippen molar-refractivity contribution in [1.29, 1.82) is 0 Å². The molecule has 0 saturated heterocycles. The number of phenolic OH excluding ortho intramolecular Hbond substituents is 1. The van der Waals surface area contributed by atoms with Gasteiger partial charge in [0.2, 0.25) is 0 Å². The van der Waals surface area contributed by atoms with Gasteiger partial charge in [0.25, 0.3) is 0 Å². The number of halogens is 1. The van der Waals surface area contributed by atoms with E-state index in [-0.39, 0.29) is 0 Å². The third kappa shape index (κ3) is 5.23. The molecule has 2 heteroatoms. The Morgan fingerprint density at radius 1 is 0.800 bits per heavy atom. The zero-order valence-electron chi connectivity index (χ0n) is 8.31. The van der Waals surface area contributed by atoms with Crippen LogP contribution in [0.4, 0.5) is 0 Å². The molecule has 0 radical (unpaired) electrons. The molecule has 0 aliphatic heterocycles. The summed E-state index contributed by atoms with van der Waals surface area (Å²) < 4.78 is 0. The van der Waals surface area contributed by atoms with Crippen molar-refractivity contribution in [1.82, 2.24) is 0 Å². The predicted molar refractivity (Wildman–Crippen MR) is 67.2 cm³/mol. The van der Waals surface area contributed by atoms with Crippen molar-refractivity contribution in [2.24, 2.45) is 0 Å². The summed E-state index contributed by atoms with van der Waals surface area (Å²) in [5.41, 5.74) is 1.33. The van der Waals surface area contributed by atoms with Gasteiger partial charge in [0.15, 0.2) is 0 Å². The molecule has 2 aromatic rings. The number of rotatable bonds is 1. The van der Waals surface area contributed by atoms with E-state index in [1.807, 2.05) is 24.3 Å². The van der Waals surface area contributed by atoms with Crippen LogP contribution in [0.5, 0.6) is 5.75 Å². The van der Waals surface area contributed by atoms with Crippen molar-refractivity contribution in [2.45, 2.75) is 5.33 Å². The lowest BCUT2D eigenvalue weighted by Gasteiger charge is -1.88. The fourth-order valence-corrected chi connectivity index (χ4v) is 1.37. The Labute approximate surface area is 98.5 Å². The van der Waals surface area contributed by atoms with E-state index in [4.69, 9.17) is 5.11 Å². The molecule has 0 saturated carbocycles. The highest BCUT2D eigenvalue weighted by Gasteiger charge is 1.81. The number of aromatic hydroxyl groups is 1. The average molecular weight is 265 g/mol. The zero-order valence-corrected chi connectivity index (χ0v) is 9.89. The fraction of sp³-hybridized carbons (Fsp3) is 0.0769. The molecule has 1 nitrogen and oxygen atoms in total. The quantitative estimate of drug-likeness (QED) is 0.773. The smallest absolute Gasteiger partial charge is 0.115 e. The third-order valence-corrected chi connectivity index (χ3v) is 2.40. The average Bonchev–Trinajstić information content (AvgIpc) is 2.32. The van der Waals surface area contributed by atoms with E-state index in [1.54, 1.807) is 24.3 Å². The molecular weight excluding hydrogens is 252 g/mol. The first-order chi connectivity index (χ1) is 7.33. The second-order valence-corrected chi connectivity index (χ2v) is 3.52. The SMILES string of the molecule is BrCc1ccccc1.Oc1ccccc1. The molecule has 0 unspecified atom stereocenters. The van der Waals surface area contributed by atoms with Gasteiger partial charge in [-0.15, -0.1) is 0 Å². The van der Waals surface area contributed by atoms with Gasteiger partial charge < -0.3 is 5.11 Å². The fourth-order valence-electron chi connectivity index (χ4n) is 0.995. The van der Waals surface area contributed by atoms with Gasteiger partial charge in [-0.3, -0.25) is 0 Å². The summed E-state index contributed by atoms with van der Waals surface area (Å²) in [5.74, 6) is 0.322. The van der Waals surface area contributed by atoms with E-state index in [0.29, 0.717) is 5.75 Å². The zero-order chi connectivity index (χ0) is 10.9. The molecule has 2 rings (SSSR count). The molecule has 0 aliphatic carbocycles. The number of phenols is 1. The highest BCUT2D eigenvalue weighted by Crippen LogP contribution is 2.03. The maximum absolute atomic E-state index is 8.63. The van der Waals surface area contributed by atoms with Gasteiger partial charge in [0, 0.05) is 5.33 Å². The predicted octanol–water partition coefficient (Wildman–Crippen LogP) is 3.97. The molecule has 0 aromatic heterocycles. The molecule has 0 spiro atoms. The van der Waals surface area contributed by atoms with Crippen molar-refractivity contribution in [3.8, 4) is 5.75 Å². The molecular formula is C13H13BrO. The molecule has 78 valence electrons. The topological polar surface area (TPSA) is 20.2 Å². The summed E-state index contributed by atoms with van der Waals surface area (Å²) in [6.45, 7) is 0. The first-order valence-electron chi connectivity index (χ1n) is 4.67. The molecule has 0 atom stereocenters. The summed E-state index contributed by atoms with van der Waals surface area (Å²) in [5, 5.41) is 9.58. The van der Waals surface area contributed by atoms with Crippen LogP contribution in [0.15, 0.2) is 60.7 Å². The Kier molecular flexibility index (Phi) is 5.56. The van der Waals surface area contributed by atoms with Crippen LogP contribution >= 0.6 is 15.9 Å². The number of para-hydroxylation sites is 1. The van der Waals surface area contributed by atoms with Gasteiger partial charge >= 0.3 is 0 Å². The normalized spacial score (nSPS) is 8.87. The monoisotopic (exact) mass is 264 g/mol. The minimum Gasteiger partial charge on any atom is -0.508 e. The van der Waals surface area contributed by atoms with Crippen LogP contribution < -0.4 is 0 Å². The highest BCUT2D eigenvalue weighted by atomic mass is 79.9. The molecule has 2 aromatic carbocycles. The van der Waals surface area contributed by atoms with E-state index in [9.17, 15) is 0 Å². The number of benzene rings is 2. The van der Waals surface area contributed by atoms with E-state index in [0.717, 1.165) is 5.33 Å². The molecule has 0 aliphatic rings. The summed E-state index contributed by atoms with van der Waals surface area (Å²) in [4.78, 5) is 0. The van der Waals surface area contributed by atoms with Crippen LogP contribution in [0.3, 0.4) is 0 Å². The molecule has 0 heterocycles. The minimum atomic E-state index is 0.322. The van der Waals surface area contributed by atoms with Crippen LogP contribution in [0.1, 0.15) is 5.56 Å². The van der Waals surface area contributed by atoms with Gasteiger partial charge in [0.05, 0.1) is 0 Å². The Balaban J connectivity index is 0.000000151. The first kappa shape index (κ1) is 11.8. The third-order valence-electron chi connectivity index (χ3n) is 1.75. The second kappa shape index (κ2) is 7.07. The van der Waals surface area contributed by atoms with Gasteiger partial charge in [-0.25, -0.2) is 0 Å². The summed E-state index contributed by atoms with van der Waals surface area (Å²) in [6, 6.07) is 19.0. The van der Waals surface area contributed by atoms with Crippen molar-refractivity contribution in [2.75, 3.05) is 0 Å². The lowest BCUT2D eigenvalue weighted by atomic mass is 10.2. The molecule has 15 heavy (non-hydrogen) atoms. The lowest BCUT2D eigenvalue weighted by molar-refractivity contribution is 0.475. The standard InChI is InChI=1S/C7H7Br.C6H6O/c8-6-7-4-2-1-3-5-7;7-6-4-2-1-3-5-6/h1-5H,6H2;1-5,7H. The van der Waals surface area contributed by atoms with E-state index < -0.39 is 0 Å². The van der Waals surface area contributed by atoms with Crippen molar-refractivity contribution >= 4 is 15.9 Å². The van der Waals surface area contributed by atoms with Gasteiger partial charge in [-0.2, -0.15) is 0 Å². The van der Waals surface area contributed by atoms with Gasteiger partial charge in [-0.05, 0) is 17.7 Å². The largest absolute Gasteiger partial charge is 0.508 e. The van der Waals surface area contributed by atoms with Crippen LogP contribution in [-0.2, 0) is 5.33 Å². The number of hydrogen-bond acceptors (Lipinski definition) is 1. The van der Waals surface area contributed by atoms with E-state index in [2.05, 4.69) is 28.1 Å². The Morgan fingerprint density at radius 2 is 1.27 bits per heavy atom. The summed E-state index contributed by atoms with van der Waals surface area (Å²) >= 11 is 3.36. The maximum atomic E-state index is 8.63. The summed E-state index contributed by atoms with van der Waals surface area (Å²) in [6.07, 6.45) is 0. The summed E-state index contributed by atoms with van der Waals surface area (Å²) in [7, 11) is 0. The minimum absolute atomic E-state index is 0.322. The van der Waals surface area contributed by atoms with Crippen LogP contribution in [0.25, 0.3) is 0 Å². The molecule has 0 amide bonds. The maximum Gasteiger partial charge on any atom is 0.115 e. The van der Waals surface area contributed by atoms with Crippen molar-refractivity contribution in [3.05, 3.63) is 66.2 Å². The van der Waals surface area contributed by atoms with Crippen molar-refractivity contribution in [3.63, 3.8) is 0 Å². The van der Waals surface area contributed by atoms with E-state index >= 15 is 0 Å². The van der Waals surface area contributed by atoms with Crippen LogP contribution in [0, 0.1) is 0 Å². The highest BCUT2D eigenvalue weighted by molar-refractivity contribution is 9.08. The number of hydrogen-bond donors (Lipinski definition) is 1. The van der Waals surface area contributed by atoms with Crippen LogP contribution in [0.2, 0.25) is 0 Å². The Hall–Kier alpha value is -1.28. The lowest BCUT2D eigenvalue weighted by Crippen LogP contribution is -1.70. The number of alkyl halides is 1. The Bertz CT molecular complexity index is 359. The Morgan fingerprint density at radius 3 is 1.53 bits per heavy atom. The van der Waals surface area contributed by atoms with Crippen LogP contribution in [-0.4, -0.2) is 5.11 Å². The molecule has 1 N–H and O–H groups in total. The first-order valence-corrected chi connectivity index (χ1v) is 5.79. The van der Waals surface area contributed by atoms with Crippen molar-refractivity contribution < 1.29 is 5.11 Å². The second-order valence-electron chi connectivity index (χ2n) is 2.95. The molecule has 0 bridgehead atoms.